The fourth-order valence-corrected chi connectivity index (χ4v) is 3.01. The lowest BCUT2D eigenvalue weighted by molar-refractivity contribution is 0.382. The molecule has 0 aliphatic heterocycles. The van der Waals surface area contributed by atoms with Crippen LogP contribution in [0.3, 0.4) is 0 Å². The Kier molecular flexibility index (Phi) is 10.7. The predicted octanol–water partition coefficient (Wildman–Crippen LogP) is 4.32. The van der Waals surface area contributed by atoms with Crippen LogP contribution in [0.2, 0.25) is 0 Å². The minimum absolute atomic E-state index is 0.707. The van der Waals surface area contributed by atoms with Crippen molar-refractivity contribution in [3.63, 3.8) is 0 Å². The standard InChI is InChI=1S/C14H31NS/c1-6-9-12(4)14(15-10-7-2)11-16-13(5)8-3/h12-15H,6-11H2,1-5H3. The van der Waals surface area contributed by atoms with Crippen LogP contribution in [-0.2, 0) is 0 Å². The van der Waals surface area contributed by atoms with Gasteiger partial charge in [-0.2, -0.15) is 11.8 Å². The minimum atomic E-state index is 0.707. The first kappa shape index (κ1) is 16.3. The first-order valence-corrected chi connectivity index (χ1v) is 8.05. The van der Waals surface area contributed by atoms with Gasteiger partial charge in [-0.1, -0.05) is 41.0 Å². The van der Waals surface area contributed by atoms with Crippen LogP contribution in [0.1, 0.15) is 60.3 Å². The Bertz CT molecular complexity index is 150. The highest BCUT2D eigenvalue weighted by Gasteiger charge is 2.16. The zero-order valence-electron chi connectivity index (χ0n) is 11.9. The molecule has 1 N–H and O–H groups in total. The van der Waals surface area contributed by atoms with E-state index < -0.39 is 0 Å². The maximum absolute atomic E-state index is 3.71. The van der Waals surface area contributed by atoms with E-state index in [0.29, 0.717) is 6.04 Å². The zero-order valence-corrected chi connectivity index (χ0v) is 12.7. The van der Waals surface area contributed by atoms with Crippen LogP contribution in [-0.4, -0.2) is 23.6 Å². The SMILES string of the molecule is CCCNC(CSC(C)CC)C(C)CCC. The topological polar surface area (TPSA) is 12.0 Å². The molecule has 0 bridgehead atoms. The van der Waals surface area contributed by atoms with Gasteiger partial charge in [0.25, 0.3) is 0 Å². The number of nitrogens with one attached hydrogen (secondary N) is 1. The molecular weight excluding hydrogens is 214 g/mol. The van der Waals surface area contributed by atoms with Gasteiger partial charge in [-0.25, -0.2) is 0 Å². The molecule has 1 nitrogen and oxygen atoms in total. The molecular formula is C14H31NS. The monoisotopic (exact) mass is 245 g/mol. The van der Waals surface area contributed by atoms with Crippen LogP contribution in [0, 0.1) is 5.92 Å². The zero-order chi connectivity index (χ0) is 12.4. The molecule has 0 heterocycles. The molecule has 3 unspecified atom stereocenters. The summed E-state index contributed by atoms with van der Waals surface area (Å²) in [6.45, 7) is 12.7. The molecule has 0 radical (unpaired) electrons. The second kappa shape index (κ2) is 10.5. The molecule has 0 amide bonds. The van der Waals surface area contributed by atoms with Gasteiger partial charge in [-0.15, -0.1) is 0 Å². The van der Waals surface area contributed by atoms with Crippen molar-refractivity contribution in [1.29, 1.82) is 0 Å². The van der Waals surface area contributed by atoms with Crippen LogP contribution >= 0.6 is 11.8 Å². The van der Waals surface area contributed by atoms with Crippen molar-refractivity contribution in [1.82, 2.24) is 5.32 Å². The molecule has 0 aliphatic rings. The quantitative estimate of drug-likeness (QED) is 0.615. The van der Waals surface area contributed by atoms with Gasteiger partial charge >= 0.3 is 0 Å². The lowest BCUT2D eigenvalue weighted by Gasteiger charge is -2.26. The van der Waals surface area contributed by atoms with Crippen LogP contribution < -0.4 is 5.32 Å². The molecule has 3 atom stereocenters. The number of hydrogen-bond donors (Lipinski definition) is 1. The molecule has 0 aromatic carbocycles. The first-order chi connectivity index (χ1) is 7.65. The van der Waals surface area contributed by atoms with Crippen molar-refractivity contribution in [2.24, 2.45) is 5.92 Å². The van der Waals surface area contributed by atoms with Crippen molar-refractivity contribution in [3.05, 3.63) is 0 Å². The molecule has 0 spiro atoms. The molecule has 0 fully saturated rings. The average molecular weight is 245 g/mol. The fourth-order valence-electron chi connectivity index (χ4n) is 1.80. The highest BCUT2D eigenvalue weighted by molar-refractivity contribution is 7.99. The Balaban J connectivity index is 3.98. The number of thioether (sulfide) groups is 1. The van der Waals surface area contributed by atoms with Gasteiger partial charge in [0.1, 0.15) is 0 Å². The largest absolute Gasteiger partial charge is 0.313 e. The summed E-state index contributed by atoms with van der Waals surface area (Å²) in [5, 5.41) is 4.52. The normalized spacial score (nSPS) is 17.1. The van der Waals surface area contributed by atoms with Gasteiger partial charge in [0.05, 0.1) is 0 Å². The summed E-state index contributed by atoms with van der Waals surface area (Å²) in [6.07, 6.45) is 5.18. The Morgan fingerprint density at radius 3 is 2.25 bits per heavy atom. The third-order valence-corrected chi connectivity index (χ3v) is 4.68. The summed E-state index contributed by atoms with van der Waals surface area (Å²) >= 11 is 2.13. The smallest absolute Gasteiger partial charge is 0.0183 e. The van der Waals surface area contributed by atoms with Crippen molar-refractivity contribution < 1.29 is 0 Å². The second-order valence-corrected chi connectivity index (χ2v) is 6.35. The van der Waals surface area contributed by atoms with E-state index in [-0.39, 0.29) is 0 Å². The van der Waals surface area contributed by atoms with E-state index in [9.17, 15) is 0 Å². The van der Waals surface area contributed by atoms with Crippen molar-refractivity contribution >= 4 is 11.8 Å². The van der Waals surface area contributed by atoms with E-state index in [1.54, 1.807) is 0 Å². The van der Waals surface area contributed by atoms with Crippen LogP contribution in [0.25, 0.3) is 0 Å². The molecule has 0 aromatic rings. The molecule has 0 aliphatic carbocycles. The predicted molar refractivity (Wildman–Crippen MR) is 78.4 cm³/mol. The maximum Gasteiger partial charge on any atom is 0.0183 e. The minimum Gasteiger partial charge on any atom is -0.313 e. The van der Waals surface area contributed by atoms with Gasteiger partial charge in [-0.05, 0) is 31.7 Å². The first-order valence-electron chi connectivity index (χ1n) is 7.00. The van der Waals surface area contributed by atoms with Gasteiger partial charge in [0.15, 0.2) is 0 Å². The summed E-state index contributed by atoms with van der Waals surface area (Å²) in [5.41, 5.74) is 0. The Hall–Kier alpha value is 0.310. The van der Waals surface area contributed by atoms with Crippen molar-refractivity contribution in [3.8, 4) is 0 Å². The summed E-state index contributed by atoms with van der Waals surface area (Å²) in [4.78, 5) is 0. The summed E-state index contributed by atoms with van der Waals surface area (Å²) < 4.78 is 0. The molecule has 0 aromatic heterocycles. The average Bonchev–Trinajstić information content (AvgIpc) is 2.29. The molecule has 98 valence electrons. The fraction of sp³-hybridized carbons (Fsp3) is 1.00. The number of hydrogen-bond acceptors (Lipinski definition) is 2. The second-order valence-electron chi connectivity index (χ2n) is 4.88. The summed E-state index contributed by atoms with van der Waals surface area (Å²) in [5.74, 6) is 2.09. The van der Waals surface area contributed by atoms with E-state index in [1.165, 1.54) is 38.0 Å². The third kappa shape index (κ3) is 7.56. The Morgan fingerprint density at radius 1 is 1.06 bits per heavy atom. The van der Waals surface area contributed by atoms with E-state index in [4.69, 9.17) is 0 Å². The third-order valence-electron chi connectivity index (χ3n) is 3.22. The lowest BCUT2D eigenvalue weighted by Crippen LogP contribution is -2.38. The number of rotatable bonds is 10. The van der Waals surface area contributed by atoms with Crippen LogP contribution in [0.4, 0.5) is 0 Å². The van der Waals surface area contributed by atoms with Crippen molar-refractivity contribution in [2.75, 3.05) is 12.3 Å². The Labute approximate surface area is 107 Å². The van der Waals surface area contributed by atoms with E-state index in [1.807, 2.05) is 0 Å². The van der Waals surface area contributed by atoms with Gasteiger partial charge in [0, 0.05) is 17.0 Å². The van der Waals surface area contributed by atoms with Crippen LogP contribution in [0.15, 0.2) is 0 Å². The Morgan fingerprint density at radius 2 is 1.75 bits per heavy atom. The summed E-state index contributed by atoms with van der Waals surface area (Å²) in [7, 11) is 0. The van der Waals surface area contributed by atoms with Gasteiger partial charge < -0.3 is 5.32 Å². The molecule has 2 heteroatoms. The highest BCUT2D eigenvalue weighted by atomic mass is 32.2. The molecule has 0 saturated carbocycles. The van der Waals surface area contributed by atoms with Crippen LogP contribution in [0.5, 0.6) is 0 Å². The highest BCUT2D eigenvalue weighted by Crippen LogP contribution is 2.20. The van der Waals surface area contributed by atoms with Crippen molar-refractivity contribution in [2.45, 2.75) is 71.6 Å². The maximum atomic E-state index is 3.71. The molecule has 16 heavy (non-hydrogen) atoms. The lowest BCUT2D eigenvalue weighted by atomic mass is 9.98. The van der Waals surface area contributed by atoms with Gasteiger partial charge in [-0.3, -0.25) is 0 Å². The molecule has 0 saturated heterocycles. The van der Waals surface area contributed by atoms with E-state index >= 15 is 0 Å². The summed E-state index contributed by atoms with van der Waals surface area (Å²) in [6, 6.07) is 0.707. The van der Waals surface area contributed by atoms with E-state index in [0.717, 1.165) is 11.2 Å². The van der Waals surface area contributed by atoms with Gasteiger partial charge in [0.2, 0.25) is 0 Å². The molecule has 0 rings (SSSR count). The van der Waals surface area contributed by atoms with E-state index in [2.05, 4.69) is 51.7 Å².